The summed E-state index contributed by atoms with van der Waals surface area (Å²) in [5.74, 6) is 0.512. The average molecular weight is 486 g/mol. The van der Waals surface area contributed by atoms with Crippen LogP contribution in [0.3, 0.4) is 0 Å². The third kappa shape index (κ3) is 4.40. The van der Waals surface area contributed by atoms with Gasteiger partial charge in [0, 0.05) is 29.2 Å². The first kappa shape index (κ1) is 22.7. The van der Waals surface area contributed by atoms with Crippen molar-refractivity contribution in [1.29, 1.82) is 0 Å². The number of benzene rings is 2. The molecule has 3 heterocycles. The highest BCUT2D eigenvalue weighted by Gasteiger charge is 2.17. The molecule has 0 bridgehead atoms. The lowest BCUT2D eigenvalue weighted by Gasteiger charge is -2.09. The second-order valence-corrected chi connectivity index (χ2v) is 8.75. The van der Waals surface area contributed by atoms with Crippen LogP contribution in [-0.4, -0.2) is 34.7 Å². The minimum Gasteiger partial charge on any atom is -0.292 e. The van der Waals surface area contributed by atoms with Gasteiger partial charge in [-0.3, -0.25) is 14.1 Å². The van der Waals surface area contributed by atoms with Crippen LogP contribution >= 0.6 is 11.6 Å². The fourth-order valence-electron chi connectivity index (χ4n) is 4.28. The number of aromatic nitrogens is 7. The van der Waals surface area contributed by atoms with Crippen molar-refractivity contribution >= 4 is 11.6 Å². The highest BCUT2D eigenvalue weighted by Crippen LogP contribution is 2.28. The molecule has 176 valence electrons. The Kier molecular flexibility index (Phi) is 6.29. The quantitative estimate of drug-likeness (QED) is 0.356. The van der Waals surface area contributed by atoms with E-state index in [1.165, 1.54) is 0 Å². The Hall–Kier alpha value is -4.04. The van der Waals surface area contributed by atoms with Gasteiger partial charge < -0.3 is 0 Å². The summed E-state index contributed by atoms with van der Waals surface area (Å²) in [5.41, 5.74) is 5.99. The minimum atomic E-state index is -0.115. The van der Waals surface area contributed by atoms with E-state index in [1.807, 2.05) is 73.9 Å². The predicted molar refractivity (Wildman–Crippen MR) is 136 cm³/mol. The minimum absolute atomic E-state index is 0.115. The summed E-state index contributed by atoms with van der Waals surface area (Å²) in [6.45, 7) is 4.48. The van der Waals surface area contributed by atoms with Crippen LogP contribution in [0.15, 0.2) is 71.8 Å². The fraction of sp³-hybridized carbons (Fsp3) is 0.192. The number of rotatable bonds is 7. The van der Waals surface area contributed by atoms with Gasteiger partial charge in [-0.25, -0.2) is 4.79 Å². The maximum atomic E-state index is 13.5. The number of pyridine rings is 1. The van der Waals surface area contributed by atoms with E-state index in [9.17, 15) is 4.79 Å². The van der Waals surface area contributed by atoms with Gasteiger partial charge >= 0.3 is 5.69 Å². The van der Waals surface area contributed by atoms with Gasteiger partial charge in [-0.05, 0) is 41.8 Å². The zero-order valence-corrected chi connectivity index (χ0v) is 20.2. The summed E-state index contributed by atoms with van der Waals surface area (Å²) in [7, 11) is 0. The number of nitrogens with zero attached hydrogens (tertiary/aromatic N) is 6. The maximum Gasteiger partial charge on any atom is 0.333 e. The molecular formula is C26H24ClN7O. The second kappa shape index (κ2) is 9.68. The number of para-hydroxylation sites is 1. The molecule has 2 aromatic carbocycles. The Bertz CT molecular complexity index is 1500. The Morgan fingerprint density at radius 3 is 2.54 bits per heavy atom. The monoisotopic (exact) mass is 485 g/mol. The first-order valence-electron chi connectivity index (χ1n) is 11.4. The Morgan fingerprint density at radius 2 is 1.86 bits per heavy atom. The molecule has 0 saturated carbocycles. The van der Waals surface area contributed by atoms with Crippen LogP contribution in [-0.2, 0) is 13.0 Å². The highest BCUT2D eigenvalue weighted by atomic mass is 35.5. The van der Waals surface area contributed by atoms with Crippen molar-refractivity contribution in [3.05, 3.63) is 99.3 Å². The van der Waals surface area contributed by atoms with Gasteiger partial charge in [-0.2, -0.15) is 5.21 Å². The average Bonchev–Trinajstić information content (AvgIpc) is 3.50. The van der Waals surface area contributed by atoms with Crippen LogP contribution in [0.2, 0.25) is 5.02 Å². The number of hydrogen-bond acceptors (Lipinski definition) is 5. The summed E-state index contributed by atoms with van der Waals surface area (Å²) in [5, 5.41) is 14.9. The molecule has 0 atom stereocenters. The van der Waals surface area contributed by atoms with E-state index in [2.05, 4.69) is 32.5 Å². The van der Waals surface area contributed by atoms with E-state index in [1.54, 1.807) is 9.13 Å². The highest BCUT2D eigenvalue weighted by molar-refractivity contribution is 6.32. The van der Waals surface area contributed by atoms with E-state index >= 15 is 0 Å². The normalized spacial score (nSPS) is 11.2. The number of tetrazole rings is 1. The van der Waals surface area contributed by atoms with Crippen LogP contribution in [0.25, 0.3) is 28.3 Å². The molecule has 9 heteroatoms. The van der Waals surface area contributed by atoms with Crippen molar-refractivity contribution < 1.29 is 0 Å². The lowest BCUT2D eigenvalue weighted by Crippen LogP contribution is -2.25. The summed E-state index contributed by atoms with van der Waals surface area (Å²) in [6.07, 6.45) is 5.43. The van der Waals surface area contributed by atoms with Crippen LogP contribution < -0.4 is 5.69 Å². The molecule has 5 aromatic rings. The standard InChI is InChI=1S/C26H24ClN7O/c1-3-7-19-16-34(24-17(2)8-6-11-22(24)27)26(35)33(19)15-18-12-13-23(28-14-18)20-9-4-5-10-21(20)25-29-31-32-30-25/h4-6,8-14,16H,3,7,15H2,1-2H3,(H,29,30,31,32). The molecule has 0 radical (unpaired) electrons. The van der Waals surface area contributed by atoms with Crippen molar-refractivity contribution in [3.8, 4) is 28.3 Å². The molecular weight excluding hydrogens is 462 g/mol. The van der Waals surface area contributed by atoms with Gasteiger partial charge in [0.1, 0.15) is 0 Å². The fourth-order valence-corrected chi connectivity index (χ4v) is 4.59. The van der Waals surface area contributed by atoms with Crippen molar-refractivity contribution in [1.82, 2.24) is 34.7 Å². The molecule has 0 aliphatic rings. The number of H-pyrrole nitrogens is 1. The Labute approximate surface area is 207 Å². The molecule has 0 aliphatic carbocycles. The molecule has 0 amide bonds. The van der Waals surface area contributed by atoms with E-state index in [-0.39, 0.29) is 5.69 Å². The predicted octanol–water partition coefficient (Wildman–Crippen LogP) is 4.84. The number of nitrogens with one attached hydrogen (secondary N) is 1. The zero-order chi connectivity index (χ0) is 24.4. The van der Waals surface area contributed by atoms with E-state index in [0.717, 1.165) is 52.2 Å². The number of hydrogen-bond donors (Lipinski definition) is 1. The number of aromatic amines is 1. The number of halogens is 1. The van der Waals surface area contributed by atoms with Crippen LogP contribution in [0.4, 0.5) is 0 Å². The van der Waals surface area contributed by atoms with Gasteiger partial charge in [0.05, 0.1) is 22.9 Å². The van der Waals surface area contributed by atoms with E-state index in [4.69, 9.17) is 11.6 Å². The second-order valence-electron chi connectivity index (χ2n) is 8.35. The van der Waals surface area contributed by atoms with Gasteiger partial charge in [0.2, 0.25) is 5.82 Å². The van der Waals surface area contributed by atoms with Crippen LogP contribution in [0, 0.1) is 6.92 Å². The Morgan fingerprint density at radius 1 is 1.03 bits per heavy atom. The molecule has 0 unspecified atom stereocenters. The topological polar surface area (TPSA) is 94.3 Å². The van der Waals surface area contributed by atoms with Gasteiger partial charge in [-0.1, -0.05) is 67.4 Å². The third-order valence-electron chi connectivity index (χ3n) is 5.95. The molecule has 0 spiro atoms. The van der Waals surface area contributed by atoms with Crippen LogP contribution in [0.5, 0.6) is 0 Å². The van der Waals surface area contributed by atoms with E-state index in [0.29, 0.717) is 17.4 Å². The SMILES string of the molecule is CCCc1cn(-c2c(C)cccc2Cl)c(=O)n1Cc1ccc(-c2ccccc2-c2nn[nH]n2)nc1. The molecule has 0 aliphatic heterocycles. The summed E-state index contributed by atoms with van der Waals surface area (Å²) >= 11 is 6.47. The molecule has 8 nitrogen and oxygen atoms in total. The van der Waals surface area contributed by atoms with Gasteiger partial charge in [0.15, 0.2) is 0 Å². The van der Waals surface area contributed by atoms with Crippen LogP contribution in [0.1, 0.15) is 30.2 Å². The molecule has 5 rings (SSSR count). The lowest BCUT2D eigenvalue weighted by molar-refractivity contribution is 0.689. The van der Waals surface area contributed by atoms with Crippen molar-refractivity contribution in [2.75, 3.05) is 0 Å². The summed E-state index contributed by atoms with van der Waals surface area (Å²) < 4.78 is 3.46. The number of aryl methyl sites for hydroxylation is 2. The smallest absolute Gasteiger partial charge is 0.292 e. The first-order chi connectivity index (χ1) is 17.1. The van der Waals surface area contributed by atoms with Crippen molar-refractivity contribution in [2.45, 2.75) is 33.2 Å². The Balaban J connectivity index is 1.49. The molecule has 1 N–H and O–H groups in total. The number of imidazole rings is 1. The maximum absolute atomic E-state index is 13.5. The zero-order valence-electron chi connectivity index (χ0n) is 19.4. The van der Waals surface area contributed by atoms with E-state index < -0.39 is 0 Å². The molecule has 0 fully saturated rings. The van der Waals surface area contributed by atoms with Gasteiger partial charge in [0.25, 0.3) is 0 Å². The van der Waals surface area contributed by atoms with Gasteiger partial charge in [-0.15, -0.1) is 10.2 Å². The first-order valence-corrected chi connectivity index (χ1v) is 11.8. The largest absolute Gasteiger partial charge is 0.333 e. The van der Waals surface area contributed by atoms with Crippen molar-refractivity contribution in [2.24, 2.45) is 0 Å². The summed E-state index contributed by atoms with van der Waals surface area (Å²) in [6, 6.07) is 17.4. The van der Waals surface area contributed by atoms with Crippen molar-refractivity contribution in [3.63, 3.8) is 0 Å². The molecule has 35 heavy (non-hydrogen) atoms. The third-order valence-corrected chi connectivity index (χ3v) is 6.26. The lowest BCUT2D eigenvalue weighted by atomic mass is 10.0. The summed E-state index contributed by atoms with van der Waals surface area (Å²) in [4.78, 5) is 18.1. The molecule has 3 aromatic heterocycles. The molecule has 0 saturated heterocycles.